The normalized spacial score (nSPS) is 17.6. The third-order valence-corrected chi connectivity index (χ3v) is 5.32. The Morgan fingerprint density at radius 1 is 1.12 bits per heavy atom. The van der Waals surface area contributed by atoms with Crippen molar-refractivity contribution in [3.63, 3.8) is 0 Å². The summed E-state index contributed by atoms with van der Waals surface area (Å²) in [6, 6.07) is 16.8. The highest BCUT2D eigenvalue weighted by Crippen LogP contribution is 2.42. The van der Waals surface area contributed by atoms with E-state index in [1.165, 1.54) is 27.8 Å². The predicted molar refractivity (Wildman–Crippen MR) is 112 cm³/mol. The Bertz CT molecular complexity index is 805. The molecule has 0 heterocycles. The first-order valence-electron chi connectivity index (χ1n) is 9.14. The fraction of sp³-hybridized carbons (Fsp3) is 0.304. The van der Waals surface area contributed by atoms with Gasteiger partial charge in [-0.2, -0.15) is 0 Å². The molecule has 3 atom stereocenters. The lowest BCUT2D eigenvalue weighted by molar-refractivity contribution is -0.0689. The van der Waals surface area contributed by atoms with Crippen LogP contribution in [0.4, 0.5) is 0 Å². The van der Waals surface area contributed by atoms with E-state index < -0.39 is 0 Å². The quantitative estimate of drug-likeness (QED) is 0.445. The summed E-state index contributed by atoms with van der Waals surface area (Å²) in [6.07, 6.45) is 4.96. The third-order valence-electron chi connectivity index (χ3n) is 4.85. The van der Waals surface area contributed by atoms with Gasteiger partial charge in [0.15, 0.2) is 6.29 Å². The molecular weight excluding hydrogens is 339 g/mol. The maximum Gasteiger partial charge on any atom is 0.197 e. The molecule has 3 rings (SSSR count). The van der Waals surface area contributed by atoms with Gasteiger partial charge in [-0.25, -0.2) is 0 Å². The molecule has 1 aliphatic carbocycles. The average Bonchev–Trinajstić information content (AvgIpc) is 2.93. The monoisotopic (exact) mass is 366 g/mol. The average molecular weight is 366 g/mol. The van der Waals surface area contributed by atoms with Crippen LogP contribution in [0.15, 0.2) is 66.3 Å². The van der Waals surface area contributed by atoms with E-state index in [-0.39, 0.29) is 12.2 Å². The Kier molecular flexibility index (Phi) is 6.29. The topological polar surface area (TPSA) is 18.5 Å². The van der Waals surface area contributed by atoms with Crippen molar-refractivity contribution in [2.24, 2.45) is 0 Å². The maximum absolute atomic E-state index is 6.07. The highest BCUT2D eigenvalue weighted by molar-refractivity contribution is 7.15. The van der Waals surface area contributed by atoms with E-state index in [1.807, 2.05) is 19.1 Å². The molecule has 0 saturated carbocycles. The lowest BCUT2D eigenvalue weighted by atomic mass is 9.96. The second kappa shape index (κ2) is 8.66. The first-order chi connectivity index (χ1) is 12.6. The lowest BCUT2D eigenvalue weighted by Crippen LogP contribution is -2.20. The van der Waals surface area contributed by atoms with E-state index in [4.69, 9.17) is 9.47 Å². The second-order valence-electron chi connectivity index (χ2n) is 6.59. The van der Waals surface area contributed by atoms with Crippen LogP contribution in [0.1, 0.15) is 43.4 Å². The van der Waals surface area contributed by atoms with Gasteiger partial charge in [0.05, 0.1) is 6.61 Å². The van der Waals surface area contributed by atoms with Gasteiger partial charge in [-0.15, -0.1) is 9.24 Å². The summed E-state index contributed by atoms with van der Waals surface area (Å²) in [5.41, 5.74) is 6.63. The minimum atomic E-state index is -0.295. The Labute approximate surface area is 159 Å². The molecule has 2 nitrogen and oxygen atoms in total. The van der Waals surface area contributed by atoms with Crippen molar-refractivity contribution in [2.75, 3.05) is 6.61 Å². The van der Waals surface area contributed by atoms with Gasteiger partial charge in [0.2, 0.25) is 0 Å². The van der Waals surface area contributed by atoms with Gasteiger partial charge in [0.25, 0.3) is 0 Å². The molecule has 0 aliphatic heterocycles. The number of ether oxygens (including phenoxy) is 2. The van der Waals surface area contributed by atoms with Gasteiger partial charge >= 0.3 is 0 Å². The van der Waals surface area contributed by atoms with Crippen molar-refractivity contribution >= 4 is 14.8 Å². The highest BCUT2D eigenvalue weighted by atomic mass is 31.0. The Balaban J connectivity index is 1.67. The zero-order valence-corrected chi connectivity index (χ0v) is 16.9. The van der Waals surface area contributed by atoms with Crippen LogP contribution in [-0.2, 0) is 10.9 Å². The van der Waals surface area contributed by atoms with Gasteiger partial charge in [-0.05, 0) is 66.9 Å². The number of hydrogen-bond acceptors (Lipinski definition) is 2. The molecule has 0 fully saturated rings. The minimum Gasteiger partial charge on any atom is -0.465 e. The van der Waals surface area contributed by atoms with Crippen LogP contribution in [0.3, 0.4) is 0 Å². The number of benzene rings is 2. The molecule has 0 radical (unpaired) electrons. The van der Waals surface area contributed by atoms with E-state index in [9.17, 15) is 0 Å². The van der Waals surface area contributed by atoms with Gasteiger partial charge < -0.3 is 9.47 Å². The van der Waals surface area contributed by atoms with Gasteiger partial charge in [0.1, 0.15) is 5.75 Å². The summed E-state index contributed by atoms with van der Waals surface area (Å²) in [6.45, 7) is 6.82. The number of hydrogen-bond donors (Lipinski definition) is 0. The molecule has 2 aromatic rings. The van der Waals surface area contributed by atoms with Gasteiger partial charge in [-0.1, -0.05) is 48.6 Å². The van der Waals surface area contributed by atoms with Crippen molar-refractivity contribution in [1.29, 1.82) is 0 Å². The molecule has 0 saturated heterocycles. The molecular formula is C23H27O2P. The number of allylic oxidation sites excluding steroid dienone is 3. The van der Waals surface area contributed by atoms with Crippen LogP contribution >= 0.6 is 9.24 Å². The van der Waals surface area contributed by atoms with Crippen molar-refractivity contribution in [3.8, 4) is 5.75 Å². The van der Waals surface area contributed by atoms with E-state index in [2.05, 4.69) is 71.6 Å². The maximum atomic E-state index is 6.07. The summed E-state index contributed by atoms with van der Waals surface area (Å²) in [4.78, 5) is 0. The molecule has 2 aromatic carbocycles. The lowest BCUT2D eigenvalue weighted by Gasteiger charge is -2.20. The first-order valence-corrected chi connectivity index (χ1v) is 9.95. The summed E-state index contributed by atoms with van der Waals surface area (Å²) in [7, 11) is 2.73. The summed E-state index contributed by atoms with van der Waals surface area (Å²) < 4.78 is 12.0. The zero-order valence-electron chi connectivity index (χ0n) is 15.7. The van der Waals surface area contributed by atoms with Crippen LogP contribution in [0, 0.1) is 0 Å². The first kappa shape index (κ1) is 18.9. The van der Waals surface area contributed by atoms with Gasteiger partial charge in [-0.3, -0.25) is 0 Å². The molecule has 0 bridgehead atoms. The van der Waals surface area contributed by atoms with Crippen molar-refractivity contribution in [2.45, 2.75) is 39.1 Å². The van der Waals surface area contributed by atoms with E-state index in [1.54, 1.807) is 0 Å². The molecule has 26 heavy (non-hydrogen) atoms. The third kappa shape index (κ3) is 4.09. The molecule has 136 valence electrons. The minimum absolute atomic E-state index is 0.257. The smallest absolute Gasteiger partial charge is 0.197 e. The van der Waals surface area contributed by atoms with Crippen LogP contribution in [0.5, 0.6) is 5.75 Å². The number of fused-ring (bicyclic) bond motifs is 1. The van der Waals surface area contributed by atoms with Crippen LogP contribution in [-0.4, -0.2) is 12.9 Å². The number of rotatable bonds is 7. The zero-order chi connectivity index (χ0) is 18.5. The van der Waals surface area contributed by atoms with E-state index >= 15 is 0 Å². The van der Waals surface area contributed by atoms with Crippen molar-refractivity contribution < 1.29 is 9.47 Å². The SMILES string of the molecule is C/C=C\C1=C(C)c2ccccc2C1COC(C)Oc1ccc(CP)cc1. The predicted octanol–water partition coefficient (Wildman–Crippen LogP) is 5.95. The van der Waals surface area contributed by atoms with E-state index in [0.29, 0.717) is 6.61 Å². The Morgan fingerprint density at radius 3 is 2.54 bits per heavy atom. The molecule has 3 unspecified atom stereocenters. The fourth-order valence-corrected chi connectivity index (χ4v) is 3.76. The summed E-state index contributed by atoms with van der Waals surface area (Å²) in [5, 5.41) is 0. The van der Waals surface area contributed by atoms with Crippen LogP contribution in [0.25, 0.3) is 5.57 Å². The largest absolute Gasteiger partial charge is 0.465 e. The fourth-order valence-electron chi connectivity index (χ4n) is 3.49. The summed E-state index contributed by atoms with van der Waals surface area (Å²) >= 11 is 0. The summed E-state index contributed by atoms with van der Waals surface area (Å²) in [5.74, 6) is 1.10. The molecule has 1 aliphatic rings. The molecule has 0 spiro atoms. The van der Waals surface area contributed by atoms with Crippen molar-refractivity contribution in [1.82, 2.24) is 0 Å². The molecule has 3 heteroatoms. The van der Waals surface area contributed by atoms with E-state index in [0.717, 1.165) is 11.9 Å². The molecule has 0 amide bonds. The highest BCUT2D eigenvalue weighted by Gasteiger charge is 2.28. The standard InChI is InChI=1S/C23H27O2P/c1-4-7-20-16(2)21-8-5-6-9-22(21)23(20)14-24-17(3)25-19-12-10-18(15-26)11-13-19/h4-13,17,23H,14-15,26H2,1-3H3/b7-4-. The Morgan fingerprint density at radius 2 is 1.85 bits per heavy atom. The molecule has 0 N–H and O–H groups in total. The second-order valence-corrected chi connectivity index (χ2v) is 7.00. The molecule has 0 aromatic heterocycles. The van der Waals surface area contributed by atoms with Crippen molar-refractivity contribution in [3.05, 3.63) is 82.9 Å². The van der Waals surface area contributed by atoms with Gasteiger partial charge in [0, 0.05) is 5.92 Å². The van der Waals surface area contributed by atoms with Crippen LogP contribution < -0.4 is 4.74 Å². The van der Waals surface area contributed by atoms with Crippen LogP contribution in [0.2, 0.25) is 0 Å². The Hall–Kier alpha value is -1.89.